The van der Waals surface area contributed by atoms with E-state index in [9.17, 15) is 18.1 Å². The maximum absolute atomic E-state index is 12.2. The van der Waals surface area contributed by atoms with Gasteiger partial charge in [-0.25, -0.2) is 0 Å². The second-order valence-electron chi connectivity index (χ2n) is 2.58. The van der Waals surface area contributed by atoms with Crippen LogP contribution in [0.4, 0.5) is 18.1 Å². The summed E-state index contributed by atoms with van der Waals surface area (Å²) >= 11 is 0. The molecule has 0 bridgehead atoms. The van der Waals surface area contributed by atoms with Gasteiger partial charge in [-0.3, -0.25) is 0 Å². The van der Waals surface area contributed by atoms with E-state index in [0.717, 1.165) is 12.1 Å². The van der Waals surface area contributed by atoms with Gasteiger partial charge in [-0.2, -0.15) is 0 Å². The standard InChI is InChI=1S/C8H5F4O4/c9-13-7(14-10)8(15-11,16-12)6-4-2-1-3-5-6/h1-5H. The Morgan fingerprint density at radius 1 is 0.875 bits per heavy atom. The summed E-state index contributed by atoms with van der Waals surface area (Å²) in [4.78, 5) is 11.7. The largest absolute Gasteiger partial charge is 0.372 e. The highest BCUT2D eigenvalue weighted by Gasteiger charge is 2.53. The summed E-state index contributed by atoms with van der Waals surface area (Å²) < 4.78 is 48.1. The van der Waals surface area contributed by atoms with E-state index >= 15 is 0 Å². The van der Waals surface area contributed by atoms with Gasteiger partial charge in [0.2, 0.25) is 0 Å². The van der Waals surface area contributed by atoms with Crippen LogP contribution in [0.3, 0.4) is 0 Å². The van der Waals surface area contributed by atoms with Crippen LogP contribution in [-0.4, -0.2) is 0 Å². The highest BCUT2D eigenvalue weighted by atomic mass is 19.3. The van der Waals surface area contributed by atoms with Crippen LogP contribution in [0.1, 0.15) is 5.56 Å². The smallest absolute Gasteiger partial charge is 0.143 e. The molecule has 8 heteroatoms. The first-order valence-corrected chi connectivity index (χ1v) is 3.84. The molecule has 0 atom stereocenters. The van der Waals surface area contributed by atoms with Crippen molar-refractivity contribution in [3.8, 4) is 0 Å². The van der Waals surface area contributed by atoms with Gasteiger partial charge in [0, 0.05) is 5.56 Å². The van der Waals surface area contributed by atoms with Crippen LogP contribution in [-0.2, 0) is 25.6 Å². The molecule has 0 fully saturated rings. The van der Waals surface area contributed by atoms with Crippen LogP contribution in [0.2, 0.25) is 0 Å². The van der Waals surface area contributed by atoms with Gasteiger partial charge in [0.15, 0.2) is 0 Å². The lowest BCUT2D eigenvalue weighted by Crippen LogP contribution is -2.36. The summed E-state index contributed by atoms with van der Waals surface area (Å²) in [5.74, 6) is -3.22. The molecular weight excluding hydrogens is 236 g/mol. The van der Waals surface area contributed by atoms with E-state index in [1.54, 1.807) is 0 Å². The van der Waals surface area contributed by atoms with Crippen LogP contribution in [0, 0.1) is 6.29 Å². The van der Waals surface area contributed by atoms with Crippen LogP contribution >= 0.6 is 0 Å². The highest BCUT2D eigenvalue weighted by Crippen LogP contribution is 2.39. The summed E-state index contributed by atoms with van der Waals surface area (Å²) in [6, 6.07) is 6.25. The quantitative estimate of drug-likeness (QED) is 0.566. The molecule has 0 saturated heterocycles. The van der Waals surface area contributed by atoms with Crippen LogP contribution in [0.25, 0.3) is 0 Å². The van der Waals surface area contributed by atoms with E-state index in [-0.39, 0.29) is 0 Å². The topological polar surface area (TPSA) is 36.9 Å². The molecule has 1 rings (SSSR count). The second-order valence-corrected chi connectivity index (χ2v) is 2.58. The zero-order valence-electron chi connectivity index (χ0n) is 7.53. The summed E-state index contributed by atoms with van der Waals surface area (Å²) in [6.45, 7) is 0. The van der Waals surface area contributed by atoms with Crippen LogP contribution in [0.5, 0.6) is 0 Å². The predicted octanol–water partition coefficient (Wildman–Crippen LogP) is 2.93. The predicted molar refractivity (Wildman–Crippen MR) is 40.1 cm³/mol. The molecule has 1 radical (unpaired) electrons. The molecule has 0 aliphatic carbocycles. The lowest BCUT2D eigenvalue weighted by molar-refractivity contribution is -0.477. The Labute approximate surface area is 86.9 Å². The van der Waals surface area contributed by atoms with Crippen molar-refractivity contribution in [1.82, 2.24) is 0 Å². The van der Waals surface area contributed by atoms with Crippen molar-refractivity contribution in [3.63, 3.8) is 0 Å². The van der Waals surface area contributed by atoms with Gasteiger partial charge in [-0.15, -0.1) is 19.8 Å². The molecule has 1 aromatic rings. The van der Waals surface area contributed by atoms with Gasteiger partial charge in [0.25, 0.3) is 0 Å². The van der Waals surface area contributed by atoms with Crippen molar-refractivity contribution in [2.24, 2.45) is 0 Å². The Morgan fingerprint density at radius 2 is 1.38 bits per heavy atom. The molecule has 0 aliphatic heterocycles. The maximum Gasteiger partial charge on any atom is 0.372 e. The summed E-state index contributed by atoms with van der Waals surface area (Å²) in [5, 5.41) is 0. The molecule has 0 saturated carbocycles. The molecule has 0 N–H and O–H groups in total. The maximum atomic E-state index is 12.2. The Bertz CT molecular complexity index is 302. The lowest BCUT2D eigenvalue weighted by Gasteiger charge is -2.25. The van der Waals surface area contributed by atoms with E-state index in [1.807, 2.05) is 0 Å². The van der Waals surface area contributed by atoms with E-state index < -0.39 is 17.6 Å². The Morgan fingerprint density at radius 3 is 1.75 bits per heavy atom. The monoisotopic (exact) mass is 241 g/mol. The third-order valence-electron chi connectivity index (χ3n) is 1.78. The number of hydrogen-bond acceptors (Lipinski definition) is 4. The first-order chi connectivity index (χ1) is 7.75. The highest BCUT2D eigenvalue weighted by molar-refractivity contribution is 5.23. The summed E-state index contributed by atoms with van der Waals surface area (Å²) in [5.41, 5.74) is -0.426. The van der Waals surface area contributed by atoms with Gasteiger partial charge in [-0.05, 0) is 18.1 Å². The summed E-state index contributed by atoms with van der Waals surface area (Å²) in [6.07, 6.45) is -1.83. The average molecular weight is 241 g/mol. The van der Waals surface area contributed by atoms with Crippen LogP contribution in [0.15, 0.2) is 30.3 Å². The van der Waals surface area contributed by atoms with Crippen molar-refractivity contribution in [2.45, 2.75) is 5.79 Å². The zero-order valence-corrected chi connectivity index (χ0v) is 7.53. The molecule has 0 aliphatic rings. The fourth-order valence-electron chi connectivity index (χ4n) is 1.05. The fourth-order valence-corrected chi connectivity index (χ4v) is 1.05. The Balaban J connectivity index is 3.14. The molecule has 0 amide bonds. The van der Waals surface area contributed by atoms with Crippen molar-refractivity contribution in [3.05, 3.63) is 42.2 Å². The third-order valence-corrected chi connectivity index (χ3v) is 1.78. The normalized spacial score (nSPS) is 12.1. The van der Waals surface area contributed by atoms with Crippen molar-refractivity contribution < 1.29 is 37.9 Å². The van der Waals surface area contributed by atoms with Gasteiger partial charge < -0.3 is 0 Å². The zero-order chi connectivity index (χ0) is 12.0. The average Bonchev–Trinajstić information content (AvgIpc) is 2.37. The molecular formula is C8H5F4O4. The minimum absolute atomic E-state index is 0.426. The van der Waals surface area contributed by atoms with E-state index in [2.05, 4.69) is 19.8 Å². The third kappa shape index (κ3) is 2.14. The minimum Gasteiger partial charge on any atom is -0.143 e. The molecule has 89 valence electrons. The molecule has 0 spiro atoms. The summed E-state index contributed by atoms with van der Waals surface area (Å²) in [7, 11) is 0. The van der Waals surface area contributed by atoms with Gasteiger partial charge in [0.1, 0.15) is 0 Å². The SMILES string of the molecule is FO[C](OF)C(OF)(OF)c1ccccc1. The number of hydrogen-bond donors (Lipinski definition) is 0. The molecule has 4 nitrogen and oxygen atoms in total. The van der Waals surface area contributed by atoms with Crippen molar-refractivity contribution in [1.29, 1.82) is 0 Å². The molecule has 1 aromatic carbocycles. The number of benzene rings is 1. The first kappa shape index (κ1) is 12.8. The molecule has 16 heavy (non-hydrogen) atoms. The van der Waals surface area contributed by atoms with Crippen molar-refractivity contribution >= 4 is 0 Å². The first-order valence-electron chi connectivity index (χ1n) is 3.84. The van der Waals surface area contributed by atoms with E-state index in [1.165, 1.54) is 18.2 Å². The van der Waals surface area contributed by atoms with Crippen LogP contribution < -0.4 is 0 Å². The molecule has 0 heterocycles. The second kappa shape index (κ2) is 5.75. The van der Waals surface area contributed by atoms with E-state index in [0.29, 0.717) is 0 Å². The van der Waals surface area contributed by atoms with E-state index in [4.69, 9.17) is 0 Å². The van der Waals surface area contributed by atoms with Gasteiger partial charge in [0.05, 0.1) is 0 Å². The fraction of sp³-hybridized carbons (Fsp3) is 0.125. The van der Waals surface area contributed by atoms with Gasteiger partial charge >= 0.3 is 12.1 Å². The Kier molecular flexibility index (Phi) is 4.62. The number of halogens is 4. The lowest BCUT2D eigenvalue weighted by atomic mass is 10.1. The van der Waals surface area contributed by atoms with Crippen molar-refractivity contribution in [2.75, 3.05) is 0 Å². The minimum atomic E-state index is -3.22. The number of rotatable bonds is 6. The molecule has 0 aromatic heterocycles. The van der Waals surface area contributed by atoms with Gasteiger partial charge in [-0.1, -0.05) is 30.3 Å². The molecule has 0 unspecified atom stereocenters. The Hall–Kier alpha value is -1.22.